The van der Waals surface area contributed by atoms with Gasteiger partial charge in [-0.15, -0.1) is 0 Å². The number of Topliss-reactive ketones (excluding diaryl/α,β-unsaturated/α-hetero) is 1. The molecule has 2 heterocycles. The van der Waals surface area contributed by atoms with Crippen molar-refractivity contribution >= 4 is 29.1 Å². The molecule has 40 heavy (non-hydrogen) atoms. The van der Waals surface area contributed by atoms with Gasteiger partial charge in [-0.05, 0) is 36.2 Å². The molecule has 200 valence electrons. The smallest absolute Gasteiger partial charge is 0.323 e. The van der Waals surface area contributed by atoms with Crippen molar-refractivity contribution in [3.63, 3.8) is 0 Å². The number of rotatable bonds is 5. The van der Waals surface area contributed by atoms with Crippen molar-refractivity contribution in [1.82, 2.24) is 4.90 Å². The van der Waals surface area contributed by atoms with Crippen LogP contribution < -0.4 is 15.4 Å². The standard InChI is InChI=1S/C33H29N3O4/c1-21-12-6-9-17-26(21)35-32(39)36-20-24(23-15-7-11-19-28(23)40-2)29(30(37)22-13-4-3-5-14-22)33(36)25-16-8-10-18-27(25)34-31(33)38/h3-19,24,29H,20H2,1-2H3,(H,34,38)(H,35,39). The summed E-state index contributed by atoms with van der Waals surface area (Å²) in [6.45, 7) is 2.04. The Bertz CT molecular complexity index is 1620. The van der Waals surface area contributed by atoms with Crippen LogP contribution in [-0.2, 0) is 10.3 Å². The maximum Gasteiger partial charge on any atom is 0.323 e. The Hall–Kier alpha value is -4.91. The number of fused-ring (bicyclic) bond motifs is 2. The number of nitrogens with one attached hydrogen (secondary N) is 2. The van der Waals surface area contributed by atoms with E-state index in [1.807, 2.05) is 79.7 Å². The van der Waals surface area contributed by atoms with Crippen molar-refractivity contribution in [1.29, 1.82) is 0 Å². The van der Waals surface area contributed by atoms with Crippen LogP contribution in [0.15, 0.2) is 103 Å². The molecular formula is C33H29N3O4. The summed E-state index contributed by atoms with van der Waals surface area (Å²) in [6, 6.07) is 30.8. The van der Waals surface area contributed by atoms with Gasteiger partial charge in [0.1, 0.15) is 5.75 Å². The number of amides is 3. The van der Waals surface area contributed by atoms with E-state index in [0.29, 0.717) is 28.3 Å². The van der Waals surface area contributed by atoms with Gasteiger partial charge in [0.05, 0.1) is 13.0 Å². The van der Waals surface area contributed by atoms with Gasteiger partial charge in [0.2, 0.25) is 0 Å². The number of benzene rings is 4. The third kappa shape index (κ3) is 3.85. The molecule has 0 saturated carbocycles. The summed E-state index contributed by atoms with van der Waals surface area (Å²) < 4.78 is 5.72. The number of hydrogen-bond acceptors (Lipinski definition) is 4. The SMILES string of the molecule is COc1ccccc1C1CN(C(=O)Nc2ccccc2C)C2(C(=O)Nc3ccccc32)C1C(=O)c1ccccc1. The van der Waals surface area contributed by atoms with Crippen molar-refractivity contribution in [3.05, 3.63) is 125 Å². The predicted octanol–water partition coefficient (Wildman–Crippen LogP) is 5.98. The van der Waals surface area contributed by atoms with Crippen molar-refractivity contribution in [2.45, 2.75) is 18.4 Å². The Labute approximate surface area is 232 Å². The van der Waals surface area contributed by atoms with E-state index in [1.54, 1.807) is 42.3 Å². The van der Waals surface area contributed by atoms with Crippen molar-refractivity contribution < 1.29 is 19.1 Å². The van der Waals surface area contributed by atoms with Gasteiger partial charge in [0, 0.05) is 35.0 Å². The maximum atomic E-state index is 14.5. The molecular weight excluding hydrogens is 502 g/mol. The number of carbonyl (C=O) groups excluding carboxylic acids is 3. The van der Waals surface area contributed by atoms with Crippen LogP contribution in [0, 0.1) is 12.8 Å². The third-order valence-electron chi connectivity index (χ3n) is 8.10. The minimum atomic E-state index is -1.58. The first kappa shape index (κ1) is 25.4. The van der Waals surface area contributed by atoms with Gasteiger partial charge in [-0.2, -0.15) is 0 Å². The van der Waals surface area contributed by atoms with Gasteiger partial charge in [-0.1, -0.05) is 84.9 Å². The number of carbonyl (C=O) groups is 3. The first-order chi connectivity index (χ1) is 19.5. The summed E-state index contributed by atoms with van der Waals surface area (Å²) in [6.07, 6.45) is 0. The van der Waals surface area contributed by atoms with Crippen molar-refractivity contribution in [3.8, 4) is 5.75 Å². The highest BCUT2D eigenvalue weighted by molar-refractivity contribution is 6.14. The van der Waals surface area contributed by atoms with E-state index in [0.717, 1.165) is 11.1 Å². The Morgan fingerprint density at radius 3 is 2.35 bits per heavy atom. The number of hydrogen-bond donors (Lipinski definition) is 2. The fraction of sp³-hybridized carbons (Fsp3) is 0.182. The molecule has 2 aliphatic rings. The molecule has 1 saturated heterocycles. The Morgan fingerprint density at radius 2 is 1.57 bits per heavy atom. The molecule has 3 unspecified atom stereocenters. The van der Waals surface area contributed by atoms with E-state index in [9.17, 15) is 14.4 Å². The lowest BCUT2D eigenvalue weighted by Gasteiger charge is -2.37. The Morgan fingerprint density at radius 1 is 0.900 bits per heavy atom. The van der Waals surface area contributed by atoms with Crippen LogP contribution in [-0.4, -0.2) is 36.3 Å². The van der Waals surface area contributed by atoms with Crippen molar-refractivity contribution in [2.75, 3.05) is 24.3 Å². The van der Waals surface area contributed by atoms with E-state index in [-0.39, 0.29) is 12.3 Å². The molecule has 7 heteroatoms. The lowest BCUT2D eigenvalue weighted by molar-refractivity contribution is -0.126. The highest BCUT2D eigenvalue weighted by Gasteiger charge is 2.67. The molecule has 4 aromatic rings. The maximum absolute atomic E-state index is 14.5. The minimum Gasteiger partial charge on any atom is -0.496 e. The van der Waals surface area contributed by atoms with E-state index in [4.69, 9.17) is 4.74 Å². The average Bonchev–Trinajstić information content (AvgIpc) is 3.49. The third-order valence-corrected chi connectivity index (χ3v) is 8.10. The van der Waals surface area contributed by atoms with Crippen LogP contribution in [0.2, 0.25) is 0 Å². The van der Waals surface area contributed by atoms with Gasteiger partial charge in [0.15, 0.2) is 11.3 Å². The summed E-state index contributed by atoms with van der Waals surface area (Å²) >= 11 is 0. The molecule has 6 rings (SSSR count). The minimum absolute atomic E-state index is 0.128. The first-order valence-electron chi connectivity index (χ1n) is 13.2. The second kappa shape index (κ2) is 10.0. The average molecular weight is 532 g/mol. The molecule has 0 bridgehead atoms. The molecule has 1 spiro atoms. The molecule has 4 aromatic carbocycles. The Kier molecular flexibility index (Phi) is 6.34. The fourth-order valence-electron chi connectivity index (χ4n) is 6.29. The number of aryl methyl sites for hydroxylation is 1. The number of anilines is 2. The summed E-state index contributed by atoms with van der Waals surface area (Å²) in [4.78, 5) is 44.6. The lowest BCUT2D eigenvalue weighted by atomic mass is 9.70. The second-order valence-electron chi connectivity index (χ2n) is 10.2. The van der Waals surface area contributed by atoms with E-state index in [2.05, 4.69) is 10.6 Å². The molecule has 3 amide bonds. The van der Waals surface area contributed by atoms with E-state index in [1.165, 1.54) is 0 Å². The van der Waals surface area contributed by atoms with E-state index >= 15 is 0 Å². The highest BCUT2D eigenvalue weighted by Crippen LogP contribution is 2.57. The number of methoxy groups -OCH3 is 1. The molecule has 3 atom stereocenters. The van der Waals surface area contributed by atoms with Gasteiger partial charge >= 0.3 is 6.03 Å². The molecule has 2 N–H and O–H groups in total. The lowest BCUT2D eigenvalue weighted by Crippen LogP contribution is -2.55. The largest absolute Gasteiger partial charge is 0.496 e. The van der Waals surface area contributed by atoms with Crippen LogP contribution in [0.25, 0.3) is 0 Å². The number of urea groups is 1. The number of nitrogens with zero attached hydrogens (tertiary/aromatic N) is 1. The quantitative estimate of drug-likeness (QED) is 0.310. The monoisotopic (exact) mass is 531 g/mol. The summed E-state index contributed by atoms with van der Waals surface area (Å²) in [5.74, 6) is -1.46. The van der Waals surface area contributed by atoms with Crippen LogP contribution in [0.1, 0.15) is 33.0 Å². The van der Waals surface area contributed by atoms with Gasteiger partial charge in [-0.3, -0.25) is 9.59 Å². The molecule has 0 aliphatic carbocycles. The second-order valence-corrected chi connectivity index (χ2v) is 10.2. The van der Waals surface area contributed by atoms with E-state index < -0.39 is 29.3 Å². The van der Waals surface area contributed by atoms with Gasteiger partial charge in [-0.25, -0.2) is 4.79 Å². The topological polar surface area (TPSA) is 87.7 Å². The van der Waals surface area contributed by atoms with Crippen LogP contribution in [0.5, 0.6) is 5.75 Å². The molecule has 2 aliphatic heterocycles. The number of ketones is 1. The molecule has 1 fully saturated rings. The first-order valence-corrected chi connectivity index (χ1v) is 13.2. The zero-order valence-corrected chi connectivity index (χ0v) is 22.3. The zero-order valence-electron chi connectivity index (χ0n) is 22.3. The van der Waals surface area contributed by atoms with Gasteiger partial charge < -0.3 is 20.3 Å². The number of ether oxygens (including phenoxy) is 1. The molecule has 0 radical (unpaired) electrons. The Balaban J connectivity index is 1.59. The summed E-state index contributed by atoms with van der Waals surface area (Å²) in [5, 5.41) is 6.00. The van der Waals surface area contributed by atoms with Crippen LogP contribution in [0.3, 0.4) is 0 Å². The zero-order chi connectivity index (χ0) is 27.9. The van der Waals surface area contributed by atoms with Crippen molar-refractivity contribution in [2.24, 2.45) is 5.92 Å². The highest BCUT2D eigenvalue weighted by atomic mass is 16.5. The summed E-state index contributed by atoms with van der Waals surface area (Å²) in [7, 11) is 1.58. The summed E-state index contributed by atoms with van der Waals surface area (Å²) in [5.41, 5.74) is 2.38. The van der Waals surface area contributed by atoms with Crippen LogP contribution in [0.4, 0.5) is 16.2 Å². The number of para-hydroxylation sites is 3. The number of likely N-dealkylation sites (tertiary alicyclic amines) is 1. The molecule has 0 aromatic heterocycles. The predicted molar refractivity (Wildman–Crippen MR) is 154 cm³/mol. The normalized spacial score (nSPS) is 21.1. The van der Waals surface area contributed by atoms with Crippen LogP contribution >= 0.6 is 0 Å². The van der Waals surface area contributed by atoms with Gasteiger partial charge in [0.25, 0.3) is 5.91 Å². The molecule has 7 nitrogen and oxygen atoms in total. The fourth-order valence-corrected chi connectivity index (χ4v) is 6.29.